The lowest BCUT2D eigenvalue weighted by Crippen LogP contribution is -2.42. The van der Waals surface area contributed by atoms with Crippen LogP contribution in [-0.4, -0.2) is 59.7 Å². The Bertz CT molecular complexity index is 295. The molecule has 19 heavy (non-hydrogen) atoms. The predicted octanol–water partition coefficient (Wildman–Crippen LogP) is 1.09. The molecule has 0 radical (unpaired) electrons. The zero-order chi connectivity index (χ0) is 13.7. The van der Waals surface area contributed by atoms with E-state index in [0.717, 1.165) is 38.0 Å². The SMILES string of the molecule is CN(CC(=O)NCC1CCCC(O)C1)C1CCSC1. The van der Waals surface area contributed by atoms with Crippen LogP contribution < -0.4 is 5.32 Å². The summed E-state index contributed by atoms with van der Waals surface area (Å²) in [4.78, 5) is 14.1. The largest absolute Gasteiger partial charge is 0.393 e. The number of likely N-dealkylation sites (N-methyl/N-ethyl adjacent to an activating group) is 1. The molecule has 0 aromatic heterocycles. The minimum absolute atomic E-state index is 0.125. The summed E-state index contributed by atoms with van der Waals surface area (Å²) in [6.07, 6.45) is 5.02. The van der Waals surface area contributed by atoms with E-state index >= 15 is 0 Å². The van der Waals surface area contributed by atoms with Crippen LogP contribution in [0.15, 0.2) is 0 Å². The third kappa shape index (κ3) is 4.97. The van der Waals surface area contributed by atoms with E-state index in [1.165, 1.54) is 12.2 Å². The van der Waals surface area contributed by atoms with Crippen molar-refractivity contribution in [2.45, 2.75) is 44.2 Å². The van der Waals surface area contributed by atoms with E-state index in [1.807, 2.05) is 18.8 Å². The zero-order valence-electron chi connectivity index (χ0n) is 11.8. The number of carbonyl (C=O) groups is 1. The molecule has 2 N–H and O–H groups in total. The van der Waals surface area contributed by atoms with Gasteiger partial charge in [0.25, 0.3) is 0 Å². The van der Waals surface area contributed by atoms with Gasteiger partial charge in [0.2, 0.25) is 5.91 Å². The normalized spacial score (nSPS) is 31.6. The topological polar surface area (TPSA) is 52.6 Å². The monoisotopic (exact) mass is 286 g/mol. The Kier molecular flexibility index (Phi) is 5.98. The predicted molar refractivity (Wildman–Crippen MR) is 79.3 cm³/mol. The van der Waals surface area contributed by atoms with Gasteiger partial charge in [0.15, 0.2) is 0 Å². The van der Waals surface area contributed by atoms with Crippen molar-refractivity contribution >= 4 is 17.7 Å². The third-order valence-corrected chi connectivity index (χ3v) is 5.41. The molecule has 0 bridgehead atoms. The average molecular weight is 286 g/mol. The summed E-state index contributed by atoms with van der Waals surface area (Å²) in [6, 6.07) is 0.562. The third-order valence-electron chi connectivity index (χ3n) is 4.27. The summed E-state index contributed by atoms with van der Waals surface area (Å²) >= 11 is 1.97. The molecule has 5 heteroatoms. The number of hydrogen-bond donors (Lipinski definition) is 2. The first-order valence-corrected chi connectivity index (χ1v) is 8.53. The van der Waals surface area contributed by atoms with Crippen LogP contribution in [0.2, 0.25) is 0 Å². The first-order chi connectivity index (χ1) is 9.15. The fourth-order valence-electron chi connectivity index (χ4n) is 2.99. The first-order valence-electron chi connectivity index (χ1n) is 7.38. The lowest BCUT2D eigenvalue weighted by Gasteiger charge is -2.27. The van der Waals surface area contributed by atoms with Crippen LogP contribution in [0.1, 0.15) is 32.1 Å². The van der Waals surface area contributed by atoms with Crippen LogP contribution in [0.4, 0.5) is 0 Å². The van der Waals surface area contributed by atoms with E-state index in [-0.39, 0.29) is 12.0 Å². The molecular formula is C14H26N2O2S. The van der Waals surface area contributed by atoms with E-state index in [2.05, 4.69) is 10.2 Å². The van der Waals surface area contributed by atoms with Crippen molar-refractivity contribution < 1.29 is 9.90 Å². The van der Waals surface area contributed by atoms with E-state index in [1.54, 1.807) is 0 Å². The highest BCUT2D eigenvalue weighted by molar-refractivity contribution is 7.99. The Balaban J connectivity index is 1.63. The second-order valence-electron chi connectivity index (χ2n) is 5.92. The van der Waals surface area contributed by atoms with Gasteiger partial charge in [0.1, 0.15) is 0 Å². The highest BCUT2D eigenvalue weighted by atomic mass is 32.2. The molecule has 0 aromatic rings. The van der Waals surface area contributed by atoms with E-state index in [9.17, 15) is 9.90 Å². The van der Waals surface area contributed by atoms with Gasteiger partial charge in [-0.3, -0.25) is 9.69 Å². The minimum Gasteiger partial charge on any atom is -0.393 e. The van der Waals surface area contributed by atoms with Crippen LogP contribution in [0.3, 0.4) is 0 Å². The van der Waals surface area contributed by atoms with Gasteiger partial charge in [-0.05, 0) is 44.4 Å². The second kappa shape index (κ2) is 7.50. The molecule has 1 saturated heterocycles. The molecule has 0 aromatic carbocycles. The number of nitrogens with zero attached hydrogens (tertiary/aromatic N) is 1. The molecule has 2 aliphatic rings. The van der Waals surface area contributed by atoms with Crippen molar-refractivity contribution in [1.29, 1.82) is 0 Å². The maximum absolute atomic E-state index is 11.9. The number of hydrogen-bond acceptors (Lipinski definition) is 4. The van der Waals surface area contributed by atoms with Crippen molar-refractivity contribution in [3.05, 3.63) is 0 Å². The molecule has 3 unspecified atom stereocenters. The van der Waals surface area contributed by atoms with Gasteiger partial charge in [-0.25, -0.2) is 0 Å². The minimum atomic E-state index is -0.158. The Morgan fingerprint density at radius 1 is 1.42 bits per heavy atom. The molecule has 3 atom stereocenters. The number of rotatable bonds is 5. The van der Waals surface area contributed by atoms with Crippen molar-refractivity contribution in [2.75, 3.05) is 31.6 Å². The van der Waals surface area contributed by atoms with Gasteiger partial charge in [0, 0.05) is 18.3 Å². The van der Waals surface area contributed by atoms with Crippen LogP contribution in [0.25, 0.3) is 0 Å². The summed E-state index contributed by atoms with van der Waals surface area (Å²) in [6.45, 7) is 1.23. The Hall–Kier alpha value is -0.260. The molecule has 1 aliphatic carbocycles. The number of aliphatic hydroxyl groups excluding tert-OH is 1. The standard InChI is InChI=1S/C14H26N2O2S/c1-16(12-5-6-19-10-12)9-14(18)15-8-11-3-2-4-13(17)7-11/h11-13,17H,2-10H2,1H3,(H,15,18). The van der Waals surface area contributed by atoms with Gasteiger partial charge < -0.3 is 10.4 Å². The van der Waals surface area contributed by atoms with Crippen LogP contribution in [0, 0.1) is 5.92 Å². The van der Waals surface area contributed by atoms with Gasteiger partial charge in [0.05, 0.1) is 12.6 Å². The van der Waals surface area contributed by atoms with Crippen molar-refractivity contribution in [3.8, 4) is 0 Å². The van der Waals surface area contributed by atoms with E-state index in [0.29, 0.717) is 18.5 Å². The van der Waals surface area contributed by atoms with Crippen LogP contribution in [0.5, 0.6) is 0 Å². The number of nitrogens with one attached hydrogen (secondary N) is 1. The van der Waals surface area contributed by atoms with Gasteiger partial charge >= 0.3 is 0 Å². The van der Waals surface area contributed by atoms with Gasteiger partial charge in [-0.15, -0.1) is 0 Å². The lowest BCUT2D eigenvalue weighted by atomic mass is 9.87. The molecular weight excluding hydrogens is 260 g/mol. The smallest absolute Gasteiger partial charge is 0.234 e. The maximum Gasteiger partial charge on any atom is 0.234 e. The van der Waals surface area contributed by atoms with Crippen LogP contribution >= 0.6 is 11.8 Å². The molecule has 0 spiro atoms. The number of amides is 1. The Morgan fingerprint density at radius 2 is 2.26 bits per heavy atom. The molecule has 110 valence electrons. The van der Waals surface area contributed by atoms with Gasteiger partial charge in [-0.2, -0.15) is 11.8 Å². The highest BCUT2D eigenvalue weighted by Crippen LogP contribution is 2.23. The quantitative estimate of drug-likeness (QED) is 0.794. The molecule has 1 amide bonds. The second-order valence-corrected chi connectivity index (χ2v) is 7.07. The molecule has 1 saturated carbocycles. The molecule has 2 fully saturated rings. The number of thioether (sulfide) groups is 1. The Labute approximate surface area is 120 Å². The first kappa shape index (κ1) is 15.1. The van der Waals surface area contributed by atoms with Crippen LogP contribution in [-0.2, 0) is 4.79 Å². The van der Waals surface area contributed by atoms with Crippen molar-refractivity contribution in [3.63, 3.8) is 0 Å². The molecule has 4 nitrogen and oxygen atoms in total. The average Bonchev–Trinajstić information content (AvgIpc) is 2.90. The fourth-order valence-corrected chi connectivity index (χ4v) is 4.29. The summed E-state index contributed by atoms with van der Waals surface area (Å²) in [5, 5.41) is 12.6. The van der Waals surface area contributed by atoms with Gasteiger partial charge in [-0.1, -0.05) is 6.42 Å². The van der Waals surface area contributed by atoms with E-state index in [4.69, 9.17) is 0 Å². The van der Waals surface area contributed by atoms with Crippen molar-refractivity contribution in [1.82, 2.24) is 10.2 Å². The zero-order valence-corrected chi connectivity index (χ0v) is 12.6. The van der Waals surface area contributed by atoms with Crippen molar-refractivity contribution in [2.24, 2.45) is 5.92 Å². The highest BCUT2D eigenvalue weighted by Gasteiger charge is 2.23. The summed E-state index contributed by atoms with van der Waals surface area (Å²) in [5.74, 6) is 2.95. The maximum atomic E-state index is 11.9. The fraction of sp³-hybridized carbons (Fsp3) is 0.929. The summed E-state index contributed by atoms with van der Waals surface area (Å²) < 4.78 is 0. The summed E-state index contributed by atoms with van der Waals surface area (Å²) in [5.41, 5.74) is 0. The lowest BCUT2D eigenvalue weighted by molar-refractivity contribution is -0.122. The summed E-state index contributed by atoms with van der Waals surface area (Å²) in [7, 11) is 2.04. The molecule has 2 rings (SSSR count). The Morgan fingerprint density at radius 3 is 2.95 bits per heavy atom. The molecule has 1 aliphatic heterocycles. The number of carbonyl (C=O) groups excluding carboxylic acids is 1. The van der Waals surface area contributed by atoms with E-state index < -0.39 is 0 Å². The molecule has 1 heterocycles. The number of aliphatic hydroxyl groups is 1.